The predicted molar refractivity (Wildman–Crippen MR) is 58.1 cm³/mol. The summed E-state index contributed by atoms with van der Waals surface area (Å²) in [6.45, 7) is 8.88. The van der Waals surface area contributed by atoms with E-state index in [1.807, 2.05) is 19.3 Å². The van der Waals surface area contributed by atoms with E-state index < -0.39 is 0 Å². The van der Waals surface area contributed by atoms with Crippen LogP contribution >= 0.6 is 0 Å². The van der Waals surface area contributed by atoms with Crippen molar-refractivity contribution >= 4 is 0 Å². The number of nitrogens with one attached hydrogen (secondary N) is 2. The average molecular weight is 194 g/mol. The van der Waals surface area contributed by atoms with Crippen molar-refractivity contribution in [3.8, 4) is 0 Å². The van der Waals surface area contributed by atoms with Crippen LogP contribution in [0, 0.1) is 0 Å². The molecule has 0 amide bonds. The SMILES string of the molecule is C=C(C)COCCNCc1cc[nH]c1. The first kappa shape index (κ1) is 11.0. The van der Waals surface area contributed by atoms with Gasteiger partial charge < -0.3 is 15.0 Å². The molecule has 14 heavy (non-hydrogen) atoms. The third-order valence-corrected chi connectivity index (χ3v) is 1.76. The Bertz CT molecular complexity index is 254. The number of aromatic nitrogens is 1. The highest BCUT2D eigenvalue weighted by molar-refractivity contribution is 5.07. The Balaban J connectivity index is 1.92. The minimum atomic E-state index is 0.659. The molecular formula is C11H18N2O. The number of hydrogen-bond acceptors (Lipinski definition) is 2. The van der Waals surface area contributed by atoms with Crippen LogP contribution in [0.2, 0.25) is 0 Å². The molecular weight excluding hydrogens is 176 g/mol. The molecule has 0 aliphatic heterocycles. The van der Waals surface area contributed by atoms with Crippen molar-refractivity contribution in [1.29, 1.82) is 0 Å². The van der Waals surface area contributed by atoms with Crippen molar-refractivity contribution in [1.82, 2.24) is 10.3 Å². The average Bonchev–Trinajstić information content (AvgIpc) is 2.63. The Hall–Kier alpha value is -1.06. The van der Waals surface area contributed by atoms with E-state index in [1.54, 1.807) is 0 Å². The summed E-state index contributed by atoms with van der Waals surface area (Å²) in [7, 11) is 0. The van der Waals surface area contributed by atoms with Gasteiger partial charge in [0, 0.05) is 25.5 Å². The van der Waals surface area contributed by atoms with Gasteiger partial charge in [-0.2, -0.15) is 0 Å². The molecule has 1 aromatic rings. The number of H-pyrrole nitrogens is 1. The molecule has 78 valence electrons. The van der Waals surface area contributed by atoms with Crippen molar-refractivity contribution in [3.05, 3.63) is 36.2 Å². The second-order valence-electron chi connectivity index (χ2n) is 3.41. The first-order valence-electron chi connectivity index (χ1n) is 4.83. The van der Waals surface area contributed by atoms with E-state index in [9.17, 15) is 0 Å². The molecule has 0 aliphatic rings. The van der Waals surface area contributed by atoms with Crippen LogP contribution in [0.5, 0.6) is 0 Å². The highest BCUT2D eigenvalue weighted by atomic mass is 16.5. The van der Waals surface area contributed by atoms with Gasteiger partial charge in [-0.3, -0.25) is 0 Å². The summed E-state index contributed by atoms with van der Waals surface area (Å²) in [5.74, 6) is 0. The molecule has 0 atom stereocenters. The van der Waals surface area contributed by atoms with Gasteiger partial charge in [-0.15, -0.1) is 0 Å². The van der Waals surface area contributed by atoms with E-state index >= 15 is 0 Å². The summed E-state index contributed by atoms with van der Waals surface area (Å²) in [6.07, 6.45) is 3.91. The maximum Gasteiger partial charge on any atom is 0.0672 e. The lowest BCUT2D eigenvalue weighted by atomic mass is 10.3. The third-order valence-electron chi connectivity index (χ3n) is 1.76. The van der Waals surface area contributed by atoms with E-state index in [0.717, 1.165) is 25.3 Å². The number of ether oxygens (including phenoxy) is 1. The highest BCUT2D eigenvalue weighted by Crippen LogP contribution is 1.94. The fourth-order valence-electron chi connectivity index (χ4n) is 1.09. The van der Waals surface area contributed by atoms with E-state index in [2.05, 4.69) is 22.9 Å². The van der Waals surface area contributed by atoms with Gasteiger partial charge in [0.25, 0.3) is 0 Å². The van der Waals surface area contributed by atoms with Crippen LogP contribution in [0.25, 0.3) is 0 Å². The van der Waals surface area contributed by atoms with Crippen LogP contribution < -0.4 is 5.32 Å². The fourth-order valence-corrected chi connectivity index (χ4v) is 1.09. The topological polar surface area (TPSA) is 37.0 Å². The van der Waals surface area contributed by atoms with E-state index in [4.69, 9.17) is 4.74 Å². The van der Waals surface area contributed by atoms with Gasteiger partial charge in [0.2, 0.25) is 0 Å². The van der Waals surface area contributed by atoms with Gasteiger partial charge in [-0.05, 0) is 18.6 Å². The van der Waals surface area contributed by atoms with Gasteiger partial charge in [-0.25, -0.2) is 0 Å². The molecule has 1 heterocycles. The molecule has 0 saturated heterocycles. The molecule has 1 aromatic heterocycles. The zero-order chi connectivity index (χ0) is 10.2. The lowest BCUT2D eigenvalue weighted by Crippen LogP contribution is -2.19. The fraction of sp³-hybridized carbons (Fsp3) is 0.455. The molecule has 0 aliphatic carbocycles. The molecule has 3 nitrogen and oxygen atoms in total. The first-order chi connectivity index (χ1) is 6.79. The predicted octanol–water partition coefficient (Wildman–Crippen LogP) is 1.70. The minimum Gasteiger partial charge on any atom is -0.376 e. The highest BCUT2D eigenvalue weighted by Gasteiger charge is 1.92. The van der Waals surface area contributed by atoms with Gasteiger partial charge in [-0.1, -0.05) is 12.2 Å². The number of aromatic amines is 1. The maximum absolute atomic E-state index is 5.34. The van der Waals surface area contributed by atoms with Crippen LogP contribution in [0.15, 0.2) is 30.6 Å². The van der Waals surface area contributed by atoms with Crippen LogP contribution in [0.3, 0.4) is 0 Å². The minimum absolute atomic E-state index is 0.659. The zero-order valence-corrected chi connectivity index (χ0v) is 8.68. The molecule has 0 fully saturated rings. The quantitative estimate of drug-likeness (QED) is 0.512. The Morgan fingerprint density at radius 1 is 1.64 bits per heavy atom. The Labute approximate surface area is 85.2 Å². The third kappa shape index (κ3) is 4.84. The molecule has 0 aromatic carbocycles. The smallest absolute Gasteiger partial charge is 0.0672 e. The van der Waals surface area contributed by atoms with E-state index in [1.165, 1.54) is 5.56 Å². The first-order valence-corrected chi connectivity index (χ1v) is 4.83. The summed E-state index contributed by atoms with van der Waals surface area (Å²) >= 11 is 0. The lowest BCUT2D eigenvalue weighted by molar-refractivity contribution is 0.158. The van der Waals surface area contributed by atoms with E-state index in [0.29, 0.717) is 6.61 Å². The summed E-state index contributed by atoms with van der Waals surface area (Å²) < 4.78 is 5.34. The van der Waals surface area contributed by atoms with Crippen molar-refractivity contribution in [2.24, 2.45) is 0 Å². The van der Waals surface area contributed by atoms with Gasteiger partial charge in [0.05, 0.1) is 13.2 Å². The zero-order valence-electron chi connectivity index (χ0n) is 8.68. The molecule has 0 radical (unpaired) electrons. The maximum atomic E-state index is 5.34. The number of hydrogen-bond donors (Lipinski definition) is 2. The lowest BCUT2D eigenvalue weighted by Gasteiger charge is -2.04. The molecule has 0 bridgehead atoms. The van der Waals surface area contributed by atoms with Gasteiger partial charge in [0.1, 0.15) is 0 Å². The molecule has 0 spiro atoms. The Morgan fingerprint density at radius 2 is 2.50 bits per heavy atom. The van der Waals surface area contributed by atoms with Crippen LogP contribution in [0.4, 0.5) is 0 Å². The van der Waals surface area contributed by atoms with Crippen LogP contribution in [0.1, 0.15) is 12.5 Å². The van der Waals surface area contributed by atoms with Crippen molar-refractivity contribution in [2.75, 3.05) is 19.8 Å². The second kappa shape index (κ2) is 6.40. The molecule has 1 rings (SSSR count). The van der Waals surface area contributed by atoms with Gasteiger partial charge in [0.15, 0.2) is 0 Å². The van der Waals surface area contributed by atoms with Gasteiger partial charge >= 0.3 is 0 Å². The summed E-state index contributed by atoms with van der Waals surface area (Å²) in [4.78, 5) is 3.01. The molecule has 0 saturated carbocycles. The standard InChI is InChI=1S/C11H18N2O/c1-10(2)9-14-6-5-13-8-11-3-4-12-7-11/h3-4,7,12-13H,1,5-6,8-9H2,2H3. The largest absolute Gasteiger partial charge is 0.376 e. The van der Waals surface area contributed by atoms with Crippen molar-refractivity contribution in [2.45, 2.75) is 13.5 Å². The van der Waals surface area contributed by atoms with Crippen molar-refractivity contribution in [3.63, 3.8) is 0 Å². The monoisotopic (exact) mass is 194 g/mol. The van der Waals surface area contributed by atoms with Crippen LogP contribution in [-0.4, -0.2) is 24.7 Å². The number of rotatable bonds is 7. The Kier molecular flexibility index (Phi) is 5.04. The Morgan fingerprint density at radius 3 is 3.14 bits per heavy atom. The summed E-state index contributed by atoms with van der Waals surface area (Å²) in [5, 5.41) is 3.29. The normalized spacial score (nSPS) is 10.4. The van der Waals surface area contributed by atoms with E-state index in [-0.39, 0.29) is 0 Å². The summed E-state index contributed by atoms with van der Waals surface area (Å²) in [6, 6.07) is 2.06. The van der Waals surface area contributed by atoms with Crippen molar-refractivity contribution < 1.29 is 4.74 Å². The molecule has 2 N–H and O–H groups in total. The molecule has 0 unspecified atom stereocenters. The van der Waals surface area contributed by atoms with Crippen LogP contribution in [-0.2, 0) is 11.3 Å². The molecule has 3 heteroatoms. The summed E-state index contributed by atoms with van der Waals surface area (Å²) in [5.41, 5.74) is 2.33. The second-order valence-corrected chi connectivity index (χ2v) is 3.41.